The van der Waals surface area contributed by atoms with Crippen LogP contribution in [-0.4, -0.2) is 20.7 Å². The Kier molecular flexibility index (Phi) is 9.54. The lowest BCUT2D eigenvalue weighted by Crippen LogP contribution is -2.12. The predicted molar refractivity (Wildman–Crippen MR) is 312 cm³/mol. The smallest absolute Gasteiger partial charge is 0.160 e. The minimum absolute atomic E-state index is 0.688. The highest BCUT2D eigenvalue weighted by Gasteiger charge is 2.25. The number of para-hydroxylation sites is 3. The van der Waals surface area contributed by atoms with Crippen LogP contribution in [0.3, 0.4) is 0 Å². The van der Waals surface area contributed by atoms with E-state index in [1.807, 2.05) is 11.3 Å². The number of hydrogen-bond acceptors (Lipinski definition) is 3. The zero-order valence-electron chi connectivity index (χ0n) is 39.7. The molecule has 3 aromatic heterocycles. The average Bonchev–Trinajstić information content (AvgIpc) is 4.13. The lowest BCUT2D eigenvalue weighted by atomic mass is 9.98. The SMILES string of the molecule is C1=C(c2ccc(-c3ccccc3)cc2)N=C(c2ccc3c(c2)c2ccccc2n3-c2ccccc2)N=C(c2ccc3c(sc4c5ccccc5ccc34)c2-n2c3ccccc3c3cc4ccccc4cc32)CC1. The van der Waals surface area contributed by atoms with Gasteiger partial charge in [0, 0.05) is 53.8 Å². The van der Waals surface area contributed by atoms with Crippen LogP contribution in [0.5, 0.6) is 0 Å². The Morgan fingerprint density at radius 2 is 0.932 bits per heavy atom. The summed E-state index contributed by atoms with van der Waals surface area (Å²) in [5, 5.41) is 12.3. The number of amidine groups is 1. The van der Waals surface area contributed by atoms with Gasteiger partial charge < -0.3 is 9.13 Å². The zero-order chi connectivity index (χ0) is 48.0. The van der Waals surface area contributed by atoms with Crippen LogP contribution in [0.1, 0.15) is 29.5 Å². The molecule has 0 spiro atoms. The highest BCUT2D eigenvalue weighted by molar-refractivity contribution is 7.27. The van der Waals surface area contributed by atoms with Gasteiger partial charge in [-0.1, -0.05) is 188 Å². The van der Waals surface area contributed by atoms with Gasteiger partial charge in [0.05, 0.1) is 43.9 Å². The molecule has 0 atom stereocenters. The molecule has 73 heavy (non-hydrogen) atoms. The number of aliphatic imine (C=N–C) groups is 2. The molecule has 4 nitrogen and oxygen atoms in total. The number of fused-ring (bicyclic) bond motifs is 12. The molecule has 0 bridgehead atoms. The van der Waals surface area contributed by atoms with Gasteiger partial charge >= 0.3 is 0 Å². The summed E-state index contributed by atoms with van der Waals surface area (Å²) in [7, 11) is 0. The first kappa shape index (κ1) is 41.6. The summed E-state index contributed by atoms with van der Waals surface area (Å²) in [4.78, 5) is 11.5. The van der Waals surface area contributed by atoms with E-state index in [0.717, 1.165) is 62.3 Å². The third kappa shape index (κ3) is 6.73. The monoisotopic (exact) mass is 948 g/mol. The highest BCUT2D eigenvalue weighted by atomic mass is 32.1. The maximum Gasteiger partial charge on any atom is 0.160 e. The molecule has 11 aromatic carbocycles. The van der Waals surface area contributed by atoms with Gasteiger partial charge in [-0.25, -0.2) is 9.98 Å². The maximum atomic E-state index is 5.87. The van der Waals surface area contributed by atoms with Crippen LogP contribution in [0.15, 0.2) is 253 Å². The molecule has 14 aromatic rings. The molecule has 1 aliphatic heterocycles. The van der Waals surface area contributed by atoms with Crippen LogP contribution < -0.4 is 0 Å². The Balaban J connectivity index is 1.00. The predicted octanol–water partition coefficient (Wildman–Crippen LogP) is 18.3. The van der Waals surface area contributed by atoms with Crippen molar-refractivity contribution in [3.05, 3.63) is 259 Å². The Labute approximate surface area is 425 Å². The van der Waals surface area contributed by atoms with E-state index >= 15 is 0 Å². The molecule has 0 unspecified atom stereocenters. The maximum absolute atomic E-state index is 5.87. The number of allylic oxidation sites excluding steroid dienone is 1. The van der Waals surface area contributed by atoms with E-state index in [9.17, 15) is 0 Å². The van der Waals surface area contributed by atoms with Gasteiger partial charge in [-0.05, 0) is 106 Å². The molecule has 0 aliphatic carbocycles. The summed E-state index contributed by atoms with van der Waals surface area (Å²) in [6.07, 6.45) is 3.80. The van der Waals surface area contributed by atoms with Crippen molar-refractivity contribution >= 4 is 114 Å². The van der Waals surface area contributed by atoms with Gasteiger partial charge in [0.2, 0.25) is 0 Å². The lowest BCUT2D eigenvalue weighted by molar-refractivity contribution is 1.08. The molecular weight excluding hydrogens is 905 g/mol. The minimum atomic E-state index is 0.688. The standard InChI is InChI=1S/C68H44N4S/c1-3-16-43(17-4-1)44-30-32-46(33-31-44)59-26-15-27-60(70-68(69-59)49-35-39-63-57(41-49)52-24-11-13-28-61(52)71(63)50-21-5-2-6-22-50)56-38-37-55-54-36-34-45-18-9-10-23-51(45)66(54)73-67(55)65(56)72-62-29-14-12-25-53(62)58-40-47-19-7-8-20-48(47)42-64(58)72/h1-14,16-26,28-42H,15,27H2. The van der Waals surface area contributed by atoms with E-state index in [0.29, 0.717) is 12.3 Å². The zero-order valence-corrected chi connectivity index (χ0v) is 40.5. The summed E-state index contributed by atoms with van der Waals surface area (Å²) >= 11 is 1.90. The molecule has 15 rings (SSSR count). The van der Waals surface area contributed by atoms with Crippen molar-refractivity contribution in [2.45, 2.75) is 12.8 Å². The molecular formula is C68H44N4S. The fraction of sp³-hybridized carbons (Fsp3) is 0.0294. The molecule has 342 valence electrons. The van der Waals surface area contributed by atoms with Crippen molar-refractivity contribution in [3.8, 4) is 22.5 Å². The van der Waals surface area contributed by atoms with E-state index in [1.165, 1.54) is 80.0 Å². The summed E-state index contributed by atoms with van der Waals surface area (Å²) < 4.78 is 7.46. The Hall–Kier alpha value is -9.16. The van der Waals surface area contributed by atoms with Crippen LogP contribution in [0.2, 0.25) is 0 Å². The van der Waals surface area contributed by atoms with Crippen LogP contribution in [-0.2, 0) is 0 Å². The fourth-order valence-electron chi connectivity index (χ4n) is 11.6. The number of thiophene rings is 1. The third-order valence-electron chi connectivity index (χ3n) is 15.0. The number of benzene rings is 11. The number of hydrogen-bond donors (Lipinski definition) is 0. The first-order valence-corrected chi connectivity index (χ1v) is 25.9. The second kappa shape index (κ2) is 16.7. The molecule has 0 amide bonds. The van der Waals surface area contributed by atoms with Crippen LogP contribution in [0.4, 0.5) is 0 Å². The van der Waals surface area contributed by atoms with E-state index < -0.39 is 0 Å². The first-order chi connectivity index (χ1) is 36.2. The van der Waals surface area contributed by atoms with Gasteiger partial charge in [0.15, 0.2) is 5.84 Å². The molecule has 1 aliphatic rings. The third-order valence-corrected chi connectivity index (χ3v) is 16.3. The quantitative estimate of drug-likeness (QED) is 0.159. The summed E-state index contributed by atoms with van der Waals surface area (Å²) in [6.45, 7) is 0. The Morgan fingerprint density at radius 1 is 0.356 bits per heavy atom. The highest BCUT2D eigenvalue weighted by Crippen LogP contribution is 2.46. The lowest BCUT2D eigenvalue weighted by Gasteiger charge is -2.19. The van der Waals surface area contributed by atoms with Crippen LogP contribution in [0, 0.1) is 0 Å². The molecule has 0 fully saturated rings. The number of rotatable bonds is 6. The van der Waals surface area contributed by atoms with Crippen molar-refractivity contribution in [2.75, 3.05) is 0 Å². The van der Waals surface area contributed by atoms with Crippen molar-refractivity contribution in [3.63, 3.8) is 0 Å². The molecule has 0 saturated carbocycles. The van der Waals surface area contributed by atoms with E-state index in [1.54, 1.807) is 0 Å². The van der Waals surface area contributed by atoms with E-state index in [2.05, 4.69) is 252 Å². The molecule has 5 heteroatoms. The van der Waals surface area contributed by atoms with Crippen LogP contribution >= 0.6 is 11.3 Å². The average molecular weight is 949 g/mol. The molecule has 0 radical (unpaired) electrons. The second-order valence-corrected chi connectivity index (χ2v) is 20.2. The molecule has 4 heterocycles. The normalized spacial score (nSPS) is 13.3. The van der Waals surface area contributed by atoms with Gasteiger partial charge in [-0.2, -0.15) is 0 Å². The van der Waals surface area contributed by atoms with Gasteiger partial charge in [-0.3, -0.25) is 0 Å². The topological polar surface area (TPSA) is 34.6 Å². The van der Waals surface area contributed by atoms with Crippen LogP contribution in [0.25, 0.3) is 114 Å². The van der Waals surface area contributed by atoms with E-state index in [4.69, 9.17) is 9.98 Å². The summed E-state index contributed by atoms with van der Waals surface area (Å²) in [6, 6.07) is 86.1. The van der Waals surface area contributed by atoms with E-state index in [-0.39, 0.29) is 0 Å². The Morgan fingerprint density at radius 3 is 1.71 bits per heavy atom. The van der Waals surface area contributed by atoms with Crippen molar-refractivity contribution < 1.29 is 0 Å². The number of aromatic nitrogens is 2. The van der Waals surface area contributed by atoms with Crippen molar-refractivity contribution in [2.24, 2.45) is 9.98 Å². The minimum Gasteiger partial charge on any atom is -0.309 e. The first-order valence-electron chi connectivity index (χ1n) is 25.1. The second-order valence-electron chi connectivity index (χ2n) is 19.2. The van der Waals surface area contributed by atoms with Gasteiger partial charge in [-0.15, -0.1) is 11.3 Å². The van der Waals surface area contributed by atoms with Gasteiger partial charge in [0.1, 0.15) is 0 Å². The molecule has 0 N–H and O–H groups in total. The van der Waals surface area contributed by atoms with Crippen molar-refractivity contribution in [1.29, 1.82) is 0 Å². The Bertz CT molecular complexity index is 4640. The van der Waals surface area contributed by atoms with Gasteiger partial charge in [0.25, 0.3) is 0 Å². The van der Waals surface area contributed by atoms with Crippen molar-refractivity contribution in [1.82, 2.24) is 9.13 Å². The fourth-order valence-corrected chi connectivity index (χ4v) is 12.9. The number of nitrogens with zero attached hydrogens (tertiary/aromatic N) is 4. The molecule has 0 saturated heterocycles. The summed E-state index contributed by atoms with van der Waals surface area (Å²) in [5.74, 6) is 0.688. The summed E-state index contributed by atoms with van der Waals surface area (Å²) in [5.41, 5.74) is 14.4. The largest absolute Gasteiger partial charge is 0.309 e.